The van der Waals surface area contributed by atoms with Crippen LogP contribution in [0.15, 0.2) is 30.3 Å². The average molecular weight is 402 g/mol. The molecule has 1 fully saturated rings. The van der Waals surface area contributed by atoms with Crippen LogP contribution in [0.1, 0.15) is 24.4 Å². The van der Waals surface area contributed by atoms with Gasteiger partial charge < -0.3 is 11.1 Å². The lowest BCUT2D eigenvalue weighted by atomic mass is 10.0. The number of likely N-dealkylation sites (tertiary alicyclic amines) is 1. The molecule has 0 bridgehead atoms. The van der Waals surface area contributed by atoms with E-state index in [1.807, 2.05) is 30.3 Å². The quantitative estimate of drug-likeness (QED) is 0.770. The number of alkyl halides is 3. The van der Waals surface area contributed by atoms with Gasteiger partial charge in [0.05, 0.1) is 6.54 Å². The van der Waals surface area contributed by atoms with Crippen LogP contribution in [0.5, 0.6) is 0 Å². The molecule has 0 spiro atoms. The summed E-state index contributed by atoms with van der Waals surface area (Å²) in [5.41, 5.74) is 6.87. The van der Waals surface area contributed by atoms with E-state index in [1.165, 1.54) is 4.90 Å². The summed E-state index contributed by atoms with van der Waals surface area (Å²) in [7, 11) is 0. The van der Waals surface area contributed by atoms with Gasteiger partial charge in [-0.15, -0.1) is 24.8 Å². The maximum atomic E-state index is 12.3. The molecule has 2 unspecified atom stereocenters. The molecule has 0 saturated carbocycles. The highest BCUT2D eigenvalue weighted by atomic mass is 35.5. The number of amides is 1. The van der Waals surface area contributed by atoms with Crippen molar-refractivity contribution < 1.29 is 18.0 Å². The van der Waals surface area contributed by atoms with Crippen molar-refractivity contribution in [1.82, 2.24) is 10.2 Å². The normalized spacial score (nSPS) is 18.8. The maximum Gasteiger partial charge on any atom is 0.401 e. The second-order valence-electron chi connectivity index (χ2n) is 6.03. The predicted molar refractivity (Wildman–Crippen MR) is 96.1 cm³/mol. The van der Waals surface area contributed by atoms with Gasteiger partial charge in [0.25, 0.3) is 0 Å². The van der Waals surface area contributed by atoms with Crippen LogP contribution in [-0.4, -0.2) is 43.2 Å². The Morgan fingerprint density at radius 3 is 2.52 bits per heavy atom. The fraction of sp³-hybridized carbons (Fsp3) is 0.562. The molecule has 2 atom stereocenters. The molecular formula is C16H24Cl2F3N3O. The number of hydrogen-bond donors (Lipinski definition) is 2. The molecule has 144 valence electrons. The third kappa shape index (κ3) is 8.76. The minimum absolute atomic E-state index is 0. The van der Waals surface area contributed by atoms with Crippen molar-refractivity contribution in [2.24, 2.45) is 11.7 Å². The molecule has 1 heterocycles. The van der Waals surface area contributed by atoms with Crippen LogP contribution in [0.2, 0.25) is 0 Å². The Bertz CT molecular complexity index is 517. The van der Waals surface area contributed by atoms with Gasteiger partial charge >= 0.3 is 6.18 Å². The van der Waals surface area contributed by atoms with E-state index in [0.717, 1.165) is 5.56 Å². The van der Waals surface area contributed by atoms with Crippen LogP contribution < -0.4 is 11.1 Å². The van der Waals surface area contributed by atoms with Crippen molar-refractivity contribution in [1.29, 1.82) is 0 Å². The molecule has 3 N–H and O–H groups in total. The first-order chi connectivity index (χ1) is 10.8. The molecule has 1 aliphatic heterocycles. The largest absolute Gasteiger partial charge is 0.401 e. The summed E-state index contributed by atoms with van der Waals surface area (Å²) in [5, 5.41) is 2.78. The number of halogens is 5. The van der Waals surface area contributed by atoms with Gasteiger partial charge in [-0.25, -0.2) is 0 Å². The zero-order valence-corrected chi connectivity index (χ0v) is 15.3. The summed E-state index contributed by atoms with van der Waals surface area (Å²) in [6.45, 7) is 0.305. The zero-order valence-electron chi connectivity index (χ0n) is 13.7. The van der Waals surface area contributed by atoms with Crippen LogP contribution in [0.25, 0.3) is 0 Å². The first-order valence-electron chi connectivity index (χ1n) is 7.70. The van der Waals surface area contributed by atoms with E-state index in [9.17, 15) is 18.0 Å². The number of rotatable bonds is 6. The summed E-state index contributed by atoms with van der Waals surface area (Å²) < 4.78 is 37.0. The third-order valence-corrected chi connectivity index (χ3v) is 3.99. The maximum absolute atomic E-state index is 12.3. The Hall–Kier alpha value is -1.02. The number of carbonyl (C=O) groups excluding carboxylic acids is 1. The highest BCUT2D eigenvalue weighted by Crippen LogP contribution is 2.22. The van der Waals surface area contributed by atoms with Crippen molar-refractivity contribution >= 4 is 30.7 Å². The van der Waals surface area contributed by atoms with Crippen molar-refractivity contribution in [3.05, 3.63) is 35.9 Å². The second-order valence-corrected chi connectivity index (χ2v) is 6.03. The summed E-state index contributed by atoms with van der Waals surface area (Å²) in [5.74, 6) is -0.107. The van der Waals surface area contributed by atoms with Crippen LogP contribution in [0, 0.1) is 5.92 Å². The van der Waals surface area contributed by atoms with Crippen molar-refractivity contribution in [3.63, 3.8) is 0 Å². The van der Waals surface area contributed by atoms with Gasteiger partial charge in [-0.05, 0) is 24.4 Å². The Balaban J connectivity index is 0.00000288. The van der Waals surface area contributed by atoms with Crippen molar-refractivity contribution in [2.45, 2.75) is 25.1 Å². The number of hydrogen-bond acceptors (Lipinski definition) is 3. The minimum Gasteiger partial charge on any atom is -0.356 e. The van der Waals surface area contributed by atoms with E-state index in [2.05, 4.69) is 5.32 Å². The summed E-state index contributed by atoms with van der Waals surface area (Å²) in [6, 6.07) is 8.96. The molecule has 0 aliphatic carbocycles. The fourth-order valence-corrected chi connectivity index (χ4v) is 2.82. The lowest BCUT2D eigenvalue weighted by Crippen LogP contribution is -2.35. The second kappa shape index (κ2) is 10.9. The van der Waals surface area contributed by atoms with E-state index in [4.69, 9.17) is 5.73 Å². The molecule has 1 aromatic carbocycles. The molecule has 25 heavy (non-hydrogen) atoms. The van der Waals surface area contributed by atoms with Gasteiger partial charge in [-0.1, -0.05) is 30.3 Å². The first-order valence-corrected chi connectivity index (χ1v) is 7.70. The molecule has 1 saturated heterocycles. The number of nitrogens with two attached hydrogens (primary N) is 1. The minimum atomic E-state index is -4.17. The van der Waals surface area contributed by atoms with E-state index in [1.54, 1.807) is 0 Å². The highest BCUT2D eigenvalue weighted by Gasteiger charge is 2.34. The smallest absolute Gasteiger partial charge is 0.356 e. The van der Waals surface area contributed by atoms with Gasteiger partial charge in [0, 0.05) is 25.6 Å². The predicted octanol–water partition coefficient (Wildman–Crippen LogP) is 2.92. The van der Waals surface area contributed by atoms with E-state index < -0.39 is 12.7 Å². The van der Waals surface area contributed by atoms with E-state index in [0.29, 0.717) is 26.1 Å². The van der Waals surface area contributed by atoms with Crippen LogP contribution >= 0.6 is 24.8 Å². The lowest BCUT2D eigenvalue weighted by molar-refractivity contribution is -0.143. The van der Waals surface area contributed by atoms with E-state index in [-0.39, 0.29) is 49.1 Å². The van der Waals surface area contributed by atoms with Gasteiger partial charge in [-0.3, -0.25) is 9.69 Å². The van der Waals surface area contributed by atoms with Gasteiger partial charge in [0.15, 0.2) is 0 Å². The fourth-order valence-electron chi connectivity index (χ4n) is 2.82. The molecule has 9 heteroatoms. The summed E-state index contributed by atoms with van der Waals surface area (Å²) in [4.78, 5) is 13.3. The first kappa shape index (κ1) is 24.0. The Labute approximate surface area is 158 Å². The van der Waals surface area contributed by atoms with Crippen LogP contribution in [0.4, 0.5) is 13.2 Å². The molecule has 1 aliphatic rings. The van der Waals surface area contributed by atoms with E-state index >= 15 is 0 Å². The Morgan fingerprint density at radius 1 is 1.28 bits per heavy atom. The molecule has 1 amide bonds. The molecule has 1 aromatic rings. The monoisotopic (exact) mass is 401 g/mol. The summed E-state index contributed by atoms with van der Waals surface area (Å²) in [6.07, 6.45) is -3.33. The molecule has 0 aromatic heterocycles. The molecular weight excluding hydrogens is 378 g/mol. The Kier molecular flexibility index (Phi) is 10.4. The molecule has 4 nitrogen and oxygen atoms in total. The van der Waals surface area contributed by atoms with Crippen molar-refractivity contribution in [3.8, 4) is 0 Å². The van der Waals surface area contributed by atoms with Crippen molar-refractivity contribution in [2.75, 3.05) is 26.2 Å². The lowest BCUT2D eigenvalue weighted by Gasteiger charge is -2.18. The number of carbonyl (C=O) groups is 1. The van der Waals surface area contributed by atoms with Crippen LogP contribution in [0.3, 0.4) is 0 Å². The number of nitrogens with one attached hydrogen (secondary N) is 1. The SMILES string of the molecule is Cl.Cl.NC(CC(=O)NCC1CCN(CC(F)(F)F)C1)c1ccccc1. The molecule has 2 rings (SSSR count). The zero-order chi connectivity index (χ0) is 16.9. The number of benzene rings is 1. The average Bonchev–Trinajstić information content (AvgIpc) is 2.91. The van der Waals surface area contributed by atoms with Crippen LogP contribution in [-0.2, 0) is 4.79 Å². The highest BCUT2D eigenvalue weighted by molar-refractivity contribution is 5.85. The Morgan fingerprint density at radius 2 is 1.92 bits per heavy atom. The van der Waals surface area contributed by atoms with Gasteiger partial charge in [-0.2, -0.15) is 13.2 Å². The van der Waals surface area contributed by atoms with Gasteiger partial charge in [0.2, 0.25) is 5.91 Å². The summed E-state index contributed by atoms with van der Waals surface area (Å²) >= 11 is 0. The van der Waals surface area contributed by atoms with Gasteiger partial charge in [0.1, 0.15) is 0 Å². The topological polar surface area (TPSA) is 58.4 Å². The molecule has 0 radical (unpaired) electrons. The number of nitrogens with zero attached hydrogens (tertiary/aromatic N) is 1. The standard InChI is InChI=1S/C16H22F3N3O.2ClH/c17-16(18,19)11-22-7-6-12(10-22)9-21-15(23)8-14(20)13-4-2-1-3-5-13;;/h1-5,12,14H,6-11,20H2,(H,21,23);2*1H. The third-order valence-electron chi connectivity index (χ3n) is 3.99.